The van der Waals surface area contributed by atoms with Crippen molar-refractivity contribution in [3.8, 4) is 0 Å². The first-order valence-electron chi connectivity index (χ1n) is 15.8. The molecule has 2 amide bonds. The third-order valence-corrected chi connectivity index (χ3v) is 7.14. The number of alkyl carbamates (subject to hydrolysis) is 2. The number of rotatable bonds is 17. The highest BCUT2D eigenvalue weighted by Crippen LogP contribution is 2.14. The Bertz CT molecular complexity index is 717. The van der Waals surface area contributed by atoms with E-state index in [2.05, 4.69) is 29.5 Å². The van der Waals surface area contributed by atoms with E-state index < -0.39 is 23.4 Å². The van der Waals surface area contributed by atoms with E-state index in [9.17, 15) is 14.4 Å². The number of ketones is 1. The second-order valence-corrected chi connectivity index (χ2v) is 14.0. The number of nitrogens with one attached hydrogen (secondary N) is 2. The van der Waals surface area contributed by atoms with Gasteiger partial charge in [-0.1, -0.05) is 90.9 Å². The summed E-state index contributed by atoms with van der Waals surface area (Å²) in [5.41, 5.74) is -1.39. The predicted molar refractivity (Wildman–Crippen MR) is 178 cm³/mol. The van der Waals surface area contributed by atoms with Gasteiger partial charge in [0.05, 0.1) is 6.54 Å². The SMILES string of the molecule is CC(=O)C(SCCN=C(NC(=O)OC(C)(C)C)NC(=O)OC(C)(C)C)N(C)C.CCCCCCCCCCCCCC. The minimum atomic E-state index is -0.745. The maximum Gasteiger partial charge on any atom is 0.414 e. The quantitative estimate of drug-likeness (QED) is 0.0732. The molecule has 0 fully saturated rings. The molecule has 0 radical (unpaired) electrons. The Balaban J connectivity index is 0. The molecule has 0 spiro atoms. The molecule has 2 N–H and O–H groups in total. The van der Waals surface area contributed by atoms with Crippen LogP contribution in [0.25, 0.3) is 0 Å². The normalized spacial score (nSPS) is 12.1. The van der Waals surface area contributed by atoms with Gasteiger partial charge in [-0.15, -0.1) is 11.8 Å². The first kappa shape index (κ1) is 42.3. The van der Waals surface area contributed by atoms with Gasteiger partial charge >= 0.3 is 12.2 Å². The van der Waals surface area contributed by atoms with E-state index in [4.69, 9.17) is 9.47 Å². The summed E-state index contributed by atoms with van der Waals surface area (Å²) in [5, 5.41) is 4.55. The van der Waals surface area contributed by atoms with Gasteiger partial charge in [0, 0.05) is 5.75 Å². The molecule has 42 heavy (non-hydrogen) atoms. The lowest BCUT2D eigenvalue weighted by Crippen LogP contribution is -2.47. The van der Waals surface area contributed by atoms with E-state index in [0.717, 1.165) is 0 Å². The van der Waals surface area contributed by atoms with Crippen LogP contribution in [-0.2, 0) is 14.3 Å². The highest BCUT2D eigenvalue weighted by atomic mass is 32.2. The highest BCUT2D eigenvalue weighted by Gasteiger charge is 2.21. The smallest absolute Gasteiger partial charge is 0.414 e. The Morgan fingerprint density at radius 3 is 1.36 bits per heavy atom. The molecule has 0 saturated carbocycles. The molecule has 0 rings (SSSR count). The summed E-state index contributed by atoms with van der Waals surface area (Å²) in [6, 6.07) is 0. The zero-order valence-corrected chi connectivity index (χ0v) is 29.6. The molecule has 10 heteroatoms. The number of amides is 2. The van der Waals surface area contributed by atoms with Crippen LogP contribution in [0.1, 0.15) is 139 Å². The summed E-state index contributed by atoms with van der Waals surface area (Å²) in [5.74, 6) is 0.476. The molecule has 0 aromatic rings. The number of hydrogen-bond donors (Lipinski definition) is 2. The Morgan fingerprint density at radius 1 is 0.714 bits per heavy atom. The summed E-state index contributed by atoms with van der Waals surface area (Å²) < 4.78 is 10.4. The molecule has 0 aliphatic carbocycles. The molecule has 248 valence electrons. The lowest BCUT2D eigenvalue weighted by molar-refractivity contribution is -0.118. The fourth-order valence-corrected chi connectivity index (χ4v) is 4.73. The molecule has 0 aliphatic heterocycles. The number of carbonyl (C=O) groups excluding carboxylic acids is 3. The van der Waals surface area contributed by atoms with Crippen molar-refractivity contribution in [1.29, 1.82) is 0 Å². The Hall–Kier alpha value is -1.81. The van der Waals surface area contributed by atoms with Crippen molar-refractivity contribution in [1.82, 2.24) is 15.5 Å². The van der Waals surface area contributed by atoms with Gasteiger partial charge < -0.3 is 9.47 Å². The Kier molecular flexibility index (Phi) is 24.8. The highest BCUT2D eigenvalue weighted by molar-refractivity contribution is 8.00. The van der Waals surface area contributed by atoms with Crippen molar-refractivity contribution >= 4 is 35.7 Å². The molecular weight excluding hydrogens is 552 g/mol. The van der Waals surface area contributed by atoms with Crippen LogP contribution in [0, 0.1) is 0 Å². The van der Waals surface area contributed by atoms with E-state index in [1.807, 2.05) is 19.0 Å². The van der Waals surface area contributed by atoms with E-state index in [1.54, 1.807) is 41.5 Å². The van der Waals surface area contributed by atoms with Crippen LogP contribution in [-0.4, -0.2) is 71.8 Å². The van der Waals surface area contributed by atoms with E-state index in [0.29, 0.717) is 5.75 Å². The minimum absolute atomic E-state index is 0.0398. The van der Waals surface area contributed by atoms with Crippen LogP contribution >= 0.6 is 11.8 Å². The molecule has 0 saturated heterocycles. The van der Waals surface area contributed by atoms with Crippen LogP contribution in [0.15, 0.2) is 4.99 Å². The van der Waals surface area contributed by atoms with Crippen molar-refractivity contribution in [2.45, 2.75) is 156 Å². The second-order valence-electron chi connectivity index (χ2n) is 12.8. The fourth-order valence-electron chi connectivity index (χ4n) is 3.78. The van der Waals surface area contributed by atoms with Gasteiger partial charge in [0.1, 0.15) is 16.6 Å². The molecule has 0 aliphatic rings. The van der Waals surface area contributed by atoms with Gasteiger partial charge in [-0.05, 0) is 62.6 Å². The summed E-state index contributed by atoms with van der Waals surface area (Å²) >= 11 is 1.42. The number of carbonyl (C=O) groups is 3. The third-order valence-electron chi connectivity index (χ3n) is 5.65. The topological polar surface area (TPSA) is 109 Å². The maximum atomic E-state index is 12.0. The van der Waals surface area contributed by atoms with Crippen LogP contribution in [0.4, 0.5) is 9.59 Å². The molecule has 0 bridgehead atoms. The number of thioether (sulfide) groups is 1. The lowest BCUT2D eigenvalue weighted by Gasteiger charge is -2.22. The van der Waals surface area contributed by atoms with Gasteiger partial charge in [0.2, 0.25) is 5.96 Å². The van der Waals surface area contributed by atoms with Gasteiger partial charge in [0.15, 0.2) is 5.78 Å². The second kappa shape index (κ2) is 24.6. The van der Waals surface area contributed by atoms with Crippen molar-refractivity contribution in [3.05, 3.63) is 0 Å². The van der Waals surface area contributed by atoms with E-state index in [-0.39, 0.29) is 23.7 Å². The molecule has 1 unspecified atom stereocenters. The molecule has 0 heterocycles. The third kappa shape index (κ3) is 29.7. The number of guanidine groups is 1. The first-order valence-corrected chi connectivity index (χ1v) is 16.9. The number of likely N-dealkylation sites (N-methyl/N-ethyl adjacent to an activating group) is 1. The minimum Gasteiger partial charge on any atom is -0.444 e. The summed E-state index contributed by atoms with van der Waals surface area (Å²) in [6.45, 7) is 16.7. The van der Waals surface area contributed by atoms with Crippen molar-refractivity contribution < 1.29 is 23.9 Å². The van der Waals surface area contributed by atoms with Gasteiger partial charge in [-0.25, -0.2) is 9.59 Å². The van der Waals surface area contributed by atoms with Crippen LogP contribution in [0.3, 0.4) is 0 Å². The van der Waals surface area contributed by atoms with Crippen LogP contribution in [0.5, 0.6) is 0 Å². The van der Waals surface area contributed by atoms with Crippen LogP contribution < -0.4 is 10.6 Å². The fraction of sp³-hybridized carbons (Fsp3) is 0.875. The van der Waals surface area contributed by atoms with Crippen molar-refractivity contribution in [2.24, 2.45) is 4.99 Å². The molecular formula is C32H64N4O5S. The van der Waals surface area contributed by atoms with E-state index in [1.165, 1.54) is 95.7 Å². The monoisotopic (exact) mass is 616 g/mol. The lowest BCUT2D eigenvalue weighted by atomic mass is 10.1. The van der Waals surface area contributed by atoms with Gasteiger partial charge in [0.25, 0.3) is 0 Å². The average molecular weight is 617 g/mol. The van der Waals surface area contributed by atoms with Crippen molar-refractivity contribution in [3.63, 3.8) is 0 Å². The van der Waals surface area contributed by atoms with Gasteiger partial charge in [-0.3, -0.25) is 25.3 Å². The zero-order chi connectivity index (χ0) is 32.6. The Morgan fingerprint density at radius 2 is 1.07 bits per heavy atom. The molecule has 9 nitrogen and oxygen atoms in total. The van der Waals surface area contributed by atoms with Gasteiger partial charge in [-0.2, -0.15) is 0 Å². The zero-order valence-electron chi connectivity index (χ0n) is 28.8. The summed E-state index contributed by atoms with van der Waals surface area (Å²) in [7, 11) is 3.64. The van der Waals surface area contributed by atoms with Crippen LogP contribution in [0.2, 0.25) is 0 Å². The maximum absolute atomic E-state index is 12.0. The summed E-state index contributed by atoms with van der Waals surface area (Å²) in [6.07, 6.45) is 15.9. The van der Waals surface area contributed by atoms with Crippen molar-refractivity contribution in [2.75, 3.05) is 26.4 Å². The standard InChI is InChI=1S/C18H34N4O5S.C14H30/c1-12(23)13(22(8)9)28-11-10-19-14(20-15(24)26-17(2,3)4)21-16(25)27-18(5,6)7;1-3-5-7-9-11-13-14-12-10-8-6-4-2/h13H,10-11H2,1-9H3,(H2,19,20,21,24,25);3-14H2,1-2H3. The largest absolute Gasteiger partial charge is 0.444 e. The Labute approximate surface area is 262 Å². The number of unbranched alkanes of at least 4 members (excludes halogenated alkanes) is 11. The number of aliphatic imine (C=N–C) groups is 1. The molecule has 1 atom stereocenters. The molecule has 0 aromatic heterocycles. The number of Topliss-reactive ketones (excluding diaryl/α,β-unsaturated/α-hetero) is 1. The average Bonchev–Trinajstić information content (AvgIpc) is 2.82. The predicted octanol–water partition coefficient (Wildman–Crippen LogP) is 8.31. The summed E-state index contributed by atoms with van der Waals surface area (Å²) in [4.78, 5) is 41.6. The number of hydrogen-bond acceptors (Lipinski definition) is 8. The van der Waals surface area contributed by atoms with E-state index >= 15 is 0 Å². The number of nitrogens with zero attached hydrogens (tertiary/aromatic N) is 2. The number of ether oxygens (including phenoxy) is 2. The molecule has 0 aromatic carbocycles. The first-order chi connectivity index (χ1) is 19.5.